The number of hydrogen-bond acceptors (Lipinski definition) is 3. The molecule has 2 rings (SSSR count). The Morgan fingerprint density at radius 2 is 2.24 bits per heavy atom. The number of aryl methyl sites for hydroxylation is 1. The van der Waals surface area contributed by atoms with Gasteiger partial charge < -0.3 is 10.5 Å². The van der Waals surface area contributed by atoms with Crippen molar-refractivity contribution in [1.82, 2.24) is 9.78 Å². The second-order valence-electron chi connectivity index (χ2n) is 3.56. The first kappa shape index (κ1) is 11.7. The van der Waals surface area contributed by atoms with Crippen LogP contribution < -0.4 is 10.5 Å². The molecule has 0 spiro atoms. The average Bonchev–Trinajstić information content (AvgIpc) is 2.59. The molecule has 0 saturated carbocycles. The predicted molar refractivity (Wildman–Crippen MR) is 63.4 cm³/mol. The number of halogens is 2. The minimum absolute atomic E-state index is 0.0270. The van der Waals surface area contributed by atoms with E-state index in [1.165, 1.54) is 18.2 Å². The van der Waals surface area contributed by atoms with Gasteiger partial charge in [0.25, 0.3) is 0 Å². The van der Waals surface area contributed by atoms with Gasteiger partial charge in [-0.15, -0.1) is 0 Å². The highest BCUT2D eigenvalue weighted by atomic mass is 35.5. The fourth-order valence-corrected chi connectivity index (χ4v) is 1.54. The van der Waals surface area contributed by atoms with E-state index in [0.717, 1.165) is 5.69 Å². The molecule has 0 aliphatic carbocycles. The third-order valence-electron chi connectivity index (χ3n) is 2.24. The smallest absolute Gasteiger partial charge is 0.181 e. The van der Waals surface area contributed by atoms with E-state index >= 15 is 0 Å². The molecule has 17 heavy (non-hydrogen) atoms. The van der Waals surface area contributed by atoms with Crippen LogP contribution in [0.5, 0.6) is 5.75 Å². The van der Waals surface area contributed by atoms with Gasteiger partial charge in [-0.3, -0.25) is 0 Å². The summed E-state index contributed by atoms with van der Waals surface area (Å²) in [6, 6.07) is 5.91. The van der Waals surface area contributed by atoms with Crippen molar-refractivity contribution in [3.8, 4) is 5.75 Å². The second-order valence-corrected chi connectivity index (χ2v) is 3.97. The maximum atomic E-state index is 12.9. The summed E-state index contributed by atoms with van der Waals surface area (Å²) in [6.45, 7) is 2.06. The lowest BCUT2D eigenvalue weighted by Gasteiger charge is -2.08. The van der Waals surface area contributed by atoms with E-state index in [9.17, 15) is 4.39 Å². The van der Waals surface area contributed by atoms with E-state index in [1.54, 1.807) is 10.7 Å². The molecule has 0 fully saturated rings. The first-order valence-corrected chi connectivity index (χ1v) is 5.32. The second kappa shape index (κ2) is 4.63. The number of benzene rings is 1. The van der Waals surface area contributed by atoms with Crippen molar-refractivity contribution < 1.29 is 9.13 Å². The molecular formula is C11H11ClFN3O. The maximum absolute atomic E-state index is 12.9. The van der Waals surface area contributed by atoms with Crippen LogP contribution >= 0.6 is 11.6 Å². The van der Waals surface area contributed by atoms with Gasteiger partial charge in [0, 0.05) is 17.8 Å². The van der Waals surface area contributed by atoms with Crippen LogP contribution in [-0.2, 0) is 6.73 Å². The van der Waals surface area contributed by atoms with Gasteiger partial charge in [0.2, 0.25) is 0 Å². The molecule has 0 bridgehead atoms. The van der Waals surface area contributed by atoms with E-state index in [-0.39, 0.29) is 11.8 Å². The lowest BCUT2D eigenvalue weighted by atomic mass is 10.3. The number of nitrogens with zero attached hydrogens (tertiary/aromatic N) is 2. The highest BCUT2D eigenvalue weighted by molar-refractivity contribution is 6.30. The van der Waals surface area contributed by atoms with Crippen molar-refractivity contribution in [1.29, 1.82) is 0 Å². The summed E-state index contributed by atoms with van der Waals surface area (Å²) in [7, 11) is 0. The minimum atomic E-state index is -0.474. The number of nitrogens with two attached hydrogens (primary N) is 1. The van der Waals surface area contributed by atoms with Gasteiger partial charge in [-0.2, -0.15) is 5.10 Å². The lowest BCUT2D eigenvalue weighted by Crippen LogP contribution is -2.08. The number of ether oxygens (including phenoxy) is 1. The van der Waals surface area contributed by atoms with Crippen molar-refractivity contribution >= 4 is 17.4 Å². The summed E-state index contributed by atoms with van der Waals surface area (Å²) < 4.78 is 19.9. The Morgan fingerprint density at radius 1 is 1.47 bits per heavy atom. The number of nitrogen functional groups attached to an aromatic ring is 1. The highest BCUT2D eigenvalue weighted by Gasteiger charge is 2.04. The standard InChI is InChI=1S/C11H11ClFN3O/c1-7-4-11(14)15-16(7)6-17-8-2-3-10(13)9(12)5-8/h2-5H,6H2,1H3,(H2,14,15). The maximum Gasteiger partial charge on any atom is 0.181 e. The molecule has 2 aromatic rings. The summed E-state index contributed by atoms with van der Waals surface area (Å²) >= 11 is 5.63. The van der Waals surface area contributed by atoms with Crippen LogP contribution in [-0.4, -0.2) is 9.78 Å². The van der Waals surface area contributed by atoms with Gasteiger partial charge in [-0.1, -0.05) is 11.6 Å². The summed E-state index contributed by atoms with van der Waals surface area (Å²) in [5, 5.41) is 4.05. The van der Waals surface area contributed by atoms with Crippen LogP contribution in [0.2, 0.25) is 5.02 Å². The molecule has 0 aliphatic rings. The zero-order valence-electron chi connectivity index (χ0n) is 9.15. The molecule has 0 unspecified atom stereocenters. The van der Waals surface area contributed by atoms with Crippen LogP contribution in [0.3, 0.4) is 0 Å². The Bertz CT molecular complexity index is 542. The van der Waals surface area contributed by atoms with Gasteiger partial charge in [0.05, 0.1) is 5.02 Å². The lowest BCUT2D eigenvalue weighted by molar-refractivity contribution is 0.218. The van der Waals surface area contributed by atoms with Gasteiger partial charge in [0.15, 0.2) is 6.73 Å². The molecule has 0 aliphatic heterocycles. The normalized spacial score (nSPS) is 10.5. The van der Waals surface area contributed by atoms with Crippen LogP contribution in [0.15, 0.2) is 24.3 Å². The first-order chi connectivity index (χ1) is 8.06. The first-order valence-electron chi connectivity index (χ1n) is 4.94. The zero-order chi connectivity index (χ0) is 12.4. The molecule has 2 N–H and O–H groups in total. The molecule has 6 heteroatoms. The van der Waals surface area contributed by atoms with Gasteiger partial charge >= 0.3 is 0 Å². The van der Waals surface area contributed by atoms with E-state index in [1.807, 2.05) is 6.92 Å². The van der Waals surface area contributed by atoms with Crippen molar-refractivity contribution in [3.05, 3.63) is 40.8 Å². The molecule has 0 radical (unpaired) electrons. The highest BCUT2D eigenvalue weighted by Crippen LogP contribution is 2.21. The SMILES string of the molecule is Cc1cc(N)nn1COc1ccc(F)c(Cl)c1. The number of aromatic nitrogens is 2. The van der Waals surface area contributed by atoms with Crippen molar-refractivity contribution in [2.45, 2.75) is 13.7 Å². The minimum Gasteiger partial charge on any atom is -0.471 e. The summed E-state index contributed by atoms with van der Waals surface area (Å²) in [5.41, 5.74) is 6.42. The van der Waals surface area contributed by atoms with Gasteiger partial charge in [-0.05, 0) is 19.1 Å². The third-order valence-corrected chi connectivity index (χ3v) is 2.53. The molecule has 90 valence electrons. The van der Waals surface area contributed by atoms with Crippen molar-refractivity contribution in [2.24, 2.45) is 0 Å². The Morgan fingerprint density at radius 3 is 2.82 bits per heavy atom. The Hall–Kier alpha value is -1.75. The largest absolute Gasteiger partial charge is 0.471 e. The quantitative estimate of drug-likeness (QED) is 0.917. The van der Waals surface area contributed by atoms with Gasteiger partial charge in [-0.25, -0.2) is 9.07 Å². The molecule has 0 atom stereocenters. The molecule has 1 aromatic carbocycles. The monoisotopic (exact) mass is 255 g/mol. The summed E-state index contributed by atoms with van der Waals surface area (Å²) in [5.74, 6) is 0.437. The van der Waals surface area contributed by atoms with Gasteiger partial charge in [0.1, 0.15) is 17.4 Å². The topological polar surface area (TPSA) is 53.1 Å². The zero-order valence-corrected chi connectivity index (χ0v) is 9.91. The predicted octanol–water partition coefficient (Wildman–Crippen LogP) is 2.60. The summed E-state index contributed by atoms with van der Waals surface area (Å²) in [6.07, 6.45) is 0. The molecule has 1 heterocycles. The summed E-state index contributed by atoms with van der Waals surface area (Å²) in [4.78, 5) is 0. The van der Waals surface area contributed by atoms with Crippen LogP contribution in [0.1, 0.15) is 5.69 Å². The molecule has 0 saturated heterocycles. The third kappa shape index (κ3) is 2.68. The van der Waals surface area contributed by atoms with Crippen LogP contribution in [0, 0.1) is 12.7 Å². The Labute approximate surface area is 103 Å². The van der Waals surface area contributed by atoms with E-state index in [4.69, 9.17) is 22.1 Å². The van der Waals surface area contributed by atoms with Crippen LogP contribution in [0.4, 0.5) is 10.2 Å². The fraction of sp³-hybridized carbons (Fsp3) is 0.182. The van der Waals surface area contributed by atoms with Crippen molar-refractivity contribution in [2.75, 3.05) is 5.73 Å². The van der Waals surface area contributed by atoms with E-state index < -0.39 is 5.82 Å². The van der Waals surface area contributed by atoms with Crippen LogP contribution in [0.25, 0.3) is 0 Å². The molecule has 4 nitrogen and oxygen atoms in total. The van der Waals surface area contributed by atoms with Crippen molar-refractivity contribution in [3.63, 3.8) is 0 Å². The molecular weight excluding hydrogens is 245 g/mol. The number of rotatable bonds is 3. The molecule has 1 aromatic heterocycles. The average molecular weight is 256 g/mol. The fourth-order valence-electron chi connectivity index (χ4n) is 1.37. The van der Waals surface area contributed by atoms with E-state index in [2.05, 4.69) is 5.10 Å². The Kier molecular flexibility index (Phi) is 3.19. The Balaban J connectivity index is 2.07. The number of anilines is 1. The molecule has 0 amide bonds. The van der Waals surface area contributed by atoms with E-state index in [0.29, 0.717) is 11.6 Å². The number of hydrogen-bond donors (Lipinski definition) is 1.